The first-order chi connectivity index (χ1) is 9.30. The summed E-state index contributed by atoms with van der Waals surface area (Å²) in [5.74, 6) is -0.0705. The molecule has 0 unspecified atom stereocenters. The molecule has 0 aliphatic rings. The van der Waals surface area contributed by atoms with Gasteiger partial charge >= 0.3 is 0 Å². The molecule has 0 saturated carbocycles. The Morgan fingerprint density at radius 1 is 1.40 bits per heavy atom. The van der Waals surface area contributed by atoms with Gasteiger partial charge in [0.15, 0.2) is 0 Å². The molecular formula is C15H19ClN2O2. The molecule has 0 saturated heterocycles. The van der Waals surface area contributed by atoms with Gasteiger partial charge < -0.3 is 15.0 Å². The Morgan fingerprint density at radius 3 is 2.70 bits per heavy atom. The maximum atomic E-state index is 12.0. The molecule has 4 nitrogen and oxygen atoms in total. The van der Waals surface area contributed by atoms with Crippen molar-refractivity contribution < 1.29 is 9.90 Å². The maximum absolute atomic E-state index is 12.0. The molecule has 1 amide bonds. The SMILES string of the molecule is CC(C)(C)NC(=O)Cn1cc(CO)c2ccc(Cl)cc21. The molecule has 0 fully saturated rings. The molecular weight excluding hydrogens is 276 g/mol. The van der Waals surface area contributed by atoms with Gasteiger partial charge in [0, 0.05) is 27.7 Å². The molecule has 2 N–H and O–H groups in total. The normalized spacial score (nSPS) is 11.8. The minimum Gasteiger partial charge on any atom is -0.392 e. The van der Waals surface area contributed by atoms with Crippen LogP contribution in [-0.2, 0) is 17.9 Å². The number of hydrogen-bond acceptors (Lipinski definition) is 2. The summed E-state index contributed by atoms with van der Waals surface area (Å²) in [5, 5.41) is 13.8. The van der Waals surface area contributed by atoms with E-state index in [1.54, 1.807) is 18.3 Å². The Balaban J connectivity index is 2.34. The van der Waals surface area contributed by atoms with Crippen LogP contribution in [0, 0.1) is 0 Å². The fourth-order valence-electron chi connectivity index (χ4n) is 2.21. The van der Waals surface area contributed by atoms with Crippen LogP contribution in [0.15, 0.2) is 24.4 Å². The quantitative estimate of drug-likeness (QED) is 0.914. The lowest BCUT2D eigenvalue weighted by Crippen LogP contribution is -2.42. The highest BCUT2D eigenvalue weighted by atomic mass is 35.5. The van der Waals surface area contributed by atoms with Gasteiger partial charge in [-0.3, -0.25) is 4.79 Å². The average Bonchev–Trinajstić information content (AvgIpc) is 2.64. The Labute approximate surface area is 123 Å². The number of aliphatic hydroxyl groups is 1. The van der Waals surface area contributed by atoms with Crippen molar-refractivity contribution in [3.05, 3.63) is 35.0 Å². The molecule has 1 aromatic heterocycles. The molecule has 0 aliphatic heterocycles. The van der Waals surface area contributed by atoms with Gasteiger partial charge in [0.2, 0.25) is 5.91 Å². The smallest absolute Gasteiger partial charge is 0.240 e. The number of carbonyl (C=O) groups excluding carboxylic acids is 1. The van der Waals surface area contributed by atoms with Crippen LogP contribution in [0.1, 0.15) is 26.3 Å². The zero-order valence-corrected chi connectivity index (χ0v) is 12.7. The van der Waals surface area contributed by atoms with Crippen LogP contribution < -0.4 is 5.32 Å². The van der Waals surface area contributed by atoms with Gasteiger partial charge in [-0.1, -0.05) is 17.7 Å². The maximum Gasteiger partial charge on any atom is 0.240 e. The van der Waals surface area contributed by atoms with Crippen molar-refractivity contribution in [2.75, 3.05) is 0 Å². The number of halogens is 1. The van der Waals surface area contributed by atoms with Crippen molar-refractivity contribution in [2.45, 2.75) is 39.5 Å². The fraction of sp³-hybridized carbons (Fsp3) is 0.400. The molecule has 108 valence electrons. The van der Waals surface area contributed by atoms with Crippen molar-refractivity contribution in [3.8, 4) is 0 Å². The third kappa shape index (κ3) is 3.32. The lowest BCUT2D eigenvalue weighted by Gasteiger charge is -2.20. The number of aromatic nitrogens is 1. The number of nitrogens with one attached hydrogen (secondary N) is 1. The van der Waals surface area contributed by atoms with Crippen molar-refractivity contribution >= 4 is 28.4 Å². The first-order valence-corrected chi connectivity index (χ1v) is 6.87. The minimum atomic E-state index is -0.266. The summed E-state index contributed by atoms with van der Waals surface area (Å²) in [5.41, 5.74) is 1.38. The first-order valence-electron chi connectivity index (χ1n) is 6.49. The van der Waals surface area contributed by atoms with Gasteiger partial charge in [-0.15, -0.1) is 0 Å². The molecule has 0 spiro atoms. The van der Waals surface area contributed by atoms with E-state index < -0.39 is 0 Å². The van der Waals surface area contributed by atoms with Crippen LogP contribution in [0.25, 0.3) is 10.9 Å². The van der Waals surface area contributed by atoms with E-state index >= 15 is 0 Å². The number of rotatable bonds is 3. The largest absolute Gasteiger partial charge is 0.392 e. The van der Waals surface area contributed by atoms with Crippen molar-refractivity contribution in [1.82, 2.24) is 9.88 Å². The van der Waals surface area contributed by atoms with E-state index in [1.165, 1.54) is 0 Å². The zero-order chi connectivity index (χ0) is 14.9. The van der Waals surface area contributed by atoms with Gasteiger partial charge in [-0.2, -0.15) is 0 Å². The molecule has 1 heterocycles. The van der Waals surface area contributed by atoms with Gasteiger partial charge in [0.25, 0.3) is 0 Å². The molecule has 2 rings (SSSR count). The molecule has 0 atom stereocenters. The highest BCUT2D eigenvalue weighted by molar-refractivity contribution is 6.31. The fourth-order valence-corrected chi connectivity index (χ4v) is 2.38. The Kier molecular flexibility index (Phi) is 4.06. The summed E-state index contributed by atoms with van der Waals surface area (Å²) in [7, 11) is 0. The second-order valence-electron chi connectivity index (χ2n) is 5.90. The Bertz CT molecular complexity index is 641. The topological polar surface area (TPSA) is 54.3 Å². The standard InChI is InChI=1S/C15H19ClN2O2/c1-15(2,3)17-14(20)8-18-7-10(9-19)12-5-4-11(16)6-13(12)18/h4-7,19H,8-9H2,1-3H3,(H,17,20). The third-order valence-electron chi connectivity index (χ3n) is 2.93. The molecule has 1 aromatic carbocycles. The lowest BCUT2D eigenvalue weighted by atomic mass is 10.1. The summed E-state index contributed by atoms with van der Waals surface area (Å²) < 4.78 is 1.81. The molecule has 0 bridgehead atoms. The van der Waals surface area contributed by atoms with Crippen LogP contribution in [0.3, 0.4) is 0 Å². The Morgan fingerprint density at radius 2 is 2.10 bits per heavy atom. The molecule has 2 aromatic rings. The number of amides is 1. The third-order valence-corrected chi connectivity index (χ3v) is 3.16. The number of benzene rings is 1. The second kappa shape index (κ2) is 5.46. The molecule has 20 heavy (non-hydrogen) atoms. The number of fused-ring (bicyclic) bond motifs is 1. The molecule has 5 heteroatoms. The number of aliphatic hydroxyl groups excluding tert-OH is 1. The molecule has 0 radical (unpaired) electrons. The minimum absolute atomic E-state index is 0.0635. The van der Waals surface area contributed by atoms with Crippen LogP contribution in [0.4, 0.5) is 0 Å². The van der Waals surface area contributed by atoms with Gasteiger partial charge in [-0.25, -0.2) is 0 Å². The predicted molar refractivity (Wildman–Crippen MR) is 80.8 cm³/mol. The van der Waals surface area contributed by atoms with E-state index in [9.17, 15) is 9.90 Å². The highest BCUT2D eigenvalue weighted by Crippen LogP contribution is 2.25. The van der Waals surface area contributed by atoms with Crippen LogP contribution in [0.2, 0.25) is 5.02 Å². The van der Waals surface area contributed by atoms with E-state index in [4.69, 9.17) is 11.6 Å². The number of nitrogens with zero attached hydrogens (tertiary/aromatic N) is 1. The van der Waals surface area contributed by atoms with Crippen LogP contribution in [-0.4, -0.2) is 21.1 Å². The van der Waals surface area contributed by atoms with E-state index in [0.29, 0.717) is 5.02 Å². The summed E-state index contributed by atoms with van der Waals surface area (Å²) in [6.07, 6.45) is 1.79. The highest BCUT2D eigenvalue weighted by Gasteiger charge is 2.16. The van der Waals surface area contributed by atoms with Gasteiger partial charge in [0.1, 0.15) is 6.54 Å². The van der Waals surface area contributed by atoms with E-state index in [0.717, 1.165) is 16.5 Å². The van der Waals surface area contributed by atoms with E-state index in [-0.39, 0.29) is 24.6 Å². The molecule has 0 aliphatic carbocycles. The van der Waals surface area contributed by atoms with Crippen molar-refractivity contribution in [2.24, 2.45) is 0 Å². The average molecular weight is 295 g/mol. The van der Waals surface area contributed by atoms with Crippen molar-refractivity contribution in [1.29, 1.82) is 0 Å². The van der Waals surface area contributed by atoms with Crippen LogP contribution in [0.5, 0.6) is 0 Å². The monoisotopic (exact) mass is 294 g/mol. The van der Waals surface area contributed by atoms with Crippen molar-refractivity contribution in [3.63, 3.8) is 0 Å². The van der Waals surface area contributed by atoms with E-state index in [1.807, 2.05) is 31.4 Å². The number of carbonyl (C=O) groups is 1. The summed E-state index contributed by atoms with van der Waals surface area (Å²) in [6, 6.07) is 5.45. The first kappa shape index (κ1) is 14.9. The zero-order valence-electron chi connectivity index (χ0n) is 11.9. The van der Waals surface area contributed by atoms with Gasteiger partial charge in [0.05, 0.1) is 12.1 Å². The predicted octanol–water partition coefficient (Wildman–Crippen LogP) is 2.70. The summed E-state index contributed by atoms with van der Waals surface area (Å²) in [6.45, 7) is 5.96. The summed E-state index contributed by atoms with van der Waals surface area (Å²) >= 11 is 6.01. The Hall–Kier alpha value is -1.52. The number of hydrogen-bond donors (Lipinski definition) is 2. The van der Waals surface area contributed by atoms with E-state index in [2.05, 4.69) is 5.32 Å². The summed E-state index contributed by atoms with van der Waals surface area (Å²) in [4.78, 5) is 12.0. The lowest BCUT2D eigenvalue weighted by molar-refractivity contribution is -0.123. The second-order valence-corrected chi connectivity index (χ2v) is 6.34. The van der Waals surface area contributed by atoms with Crippen LogP contribution >= 0.6 is 11.6 Å². The van der Waals surface area contributed by atoms with Gasteiger partial charge in [-0.05, 0) is 32.9 Å².